The summed E-state index contributed by atoms with van der Waals surface area (Å²) in [4.78, 5) is 14.6. The lowest BCUT2D eigenvalue weighted by Crippen LogP contribution is -2.39. The molecule has 0 aliphatic carbocycles. The molecule has 2 aliphatic rings. The zero-order valence-electron chi connectivity index (χ0n) is 15.9. The topological polar surface area (TPSA) is 62.8 Å². The van der Waals surface area contributed by atoms with Crippen molar-refractivity contribution < 1.29 is 14.3 Å². The maximum atomic E-state index is 12.1. The van der Waals surface area contributed by atoms with Gasteiger partial charge in [0.1, 0.15) is 13.2 Å². The van der Waals surface area contributed by atoms with Crippen LogP contribution in [0.1, 0.15) is 44.7 Å². The highest BCUT2D eigenvalue weighted by atomic mass is 16.6. The molecule has 0 aromatic heterocycles. The molecule has 1 aromatic carbocycles. The lowest BCUT2D eigenvalue weighted by molar-refractivity contribution is 0.171. The maximum absolute atomic E-state index is 12.1. The Morgan fingerprint density at radius 3 is 2.73 bits per heavy atom. The first-order valence-electron chi connectivity index (χ1n) is 9.78. The number of fused-ring (bicyclic) bond motifs is 1. The smallest absolute Gasteiger partial charge is 0.315 e. The molecule has 144 valence electrons. The molecule has 6 nitrogen and oxygen atoms in total. The van der Waals surface area contributed by atoms with E-state index >= 15 is 0 Å². The molecule has 2 N–H and O–H groups in total. The van der Waals surface area contributed by atoms with Crippen molar-refractivity contribution in [2.24, 2.45) is 5.92 Å². The Morgan fingerprint density at radius 1 is 1.23 bits per heavy atom. The highest BCUT2D eigenvalue weighted by Gasteiger charge is 2.17. The molecule has 1 aromatic rings. The molecule has 1 unspecified atom stereocenters. The Bertz CT molecular complexity index is 600. The van der Waals surface area contributed by atoms with Crippen molar-refractivity contribution in [3.8, 4) is 11.5 Å². The number of urea groups is 1. The second-order valence-corrected chi connectivity index (χ2v) is 7.40. The second-order valence-electron chi connectivity index (χ2n) is 7.40. The number of carbonyl (C=O) groups is 1. The molecule has 1 fully saturated rings. The first-order valence-corrected chi connectivity index (χ1v) is 9.78. The average Bonchev–Trinajstić information content (AvgIpc) is 2.66. The van der Waals surface area contributed by atoms with Crippen LogP contribution in [0.4, 0.5) is 4.79 Å². The van der Waals surface area contributed by atoms with E-state index in [4.69, 9.17) is 9.47 Å². The van der Waals surface area contributed by atoms with Gasteiger partial charge in [-0.25, -0.2) is 4.79 Å². The molecule has 2 heterocycles. The number of hydrogen-bond acceptors (Lipinski definition) is 4. The van der Waals surface area contributed by atoms with Gasteiger partial charge in [-0.15, -0.1) is 0 Å². The van der Waals surface area contributed by atoms with Gasteiger partial charge in [0.25, 0.3) is 0 Å². The van der Waals surface area contributed by atoms with Gasteiger partial charge in [0.05, 0.1) is 6.04 Å². The van der Waals surface area contributed by atoms with E-state index in [9.17, 15) is 4.79 Å². The van der Waals surface area contributed by atoms with Crippen LogP contribution in [-0.4, -0.2) is 50.3 Å². The second kappa shape index (κ2) is 9.12. The van der Waals surface area contributed by atoms with Crippen LogP contribution in [0.2, 0.25) is 0 Å². The van der Waals surface area contributed by atoms with E-state index in [1.54, 1.807) is 0 Å². The van der Waals surface area contributed by atoms with Crippen molar-refractivity contribution in [1.82, 2.24) is 15.5 Å². The fourth-order valence-corrected chi connectivity index (χ4v) is 3.45. The maximum Gasteiger partial charge on any atom is 0.315 e. The number of ether oxygens (including phenoxy) is 2. The Labute approximate surface area is 156 Å². The molecule has 0 bridgehead atoms. The predicted molar refractivity (Wildman–Crippen MR) is 102 cm³/mol. The molecular weight excluding hydrogens is 330 g/mol. The van der Waals surface area contributed by atoms with Gasteiger partial charge in [0.15, 0.2) is 11.5 Å². The van der Waals surface area contributed by atoms with Gasteiger partial charge in [-0.2, -0.15) is 0 Å². The number of amides is 2. The van der Waals surface area contributed by atoms with Gasteiger partial charge in [-0.3, -0.25) is 0 Å². The monoisotopic (exact) mass is 361 g/mol. The Morgan fingerprint density at radius 2 is 1.96 bits per heavy atom. The fourth-order valence-electron chi connectivity index (χ4n) is 3.45. The third kappa shape index (κ3) is 5.27. The van der Waals surface area contributed by atoms with E-state index in [1.807, 2.05) is 25.1 Å². The first kappa shape index (κ1) is 18.8. The predicted octanol–water partition coefficient (Wildman–Crippen LogP) is 2.94. The standard InChI is InChI=1S/C20H31N3O3/c1-15-6-10-23(11-7-15)9-3-8-21-20(24)22-16(2)17-4-5-18-19(14-17)26-13-12-25-18/h4-5,14-16H,3,6-13H2,1-2H3,(H2,21,22,24). The van der Waals surface area contributed by atoms with Gasteiger partial charge < -0.3 is 25.0 Å². The Kier molecular flexibility index (Phi) is 6.61. The van der Waals surface area contributed by atoms with Crippen LogP contribution >= 0.6 is 0 Å². The number of rotatable bonds is 6. The van der Waals surface area contributed by atoms with E-state index in [2.05, 4.69) is 22.5 Å². The van der Waals surface area contributed by atoms with Crippen molar-refractivity contribution in [1.29, 1.82) is 0 Å². The van der Waals surface area contributed by atoms with Crippen molar-refractivity contribution in [2.75, 3.05) is 39.4 Å². The minimum Gasteiger partial charge on any atom is -0.486 e. The molecule has 6 heteroatoms. The number of carbonyl (C=O) groups excluding carboxylic acids is 1. The molecule has 1 atom stereocenters. The SMILES string of the molecule is CC1CCN(CCCNC(=O)NC(C)c2ccc3c(c2)OCCO3)CC1. The number of likely N-dealkylation sites (tertiary alicyclic amines) is 1. The largest absolute Gasteiger partial charge is 0.486 e. The van der Waals surface area contributed by atoms with Crippen LogP contribution in [-0.2, 0) is 0 Å². The molecule has 1 saturated heterocycles. The first-order chi connectivity index (χ1) is 12.6. The van der Waals surface area contributed by atoms with E-state index < -0.39 is 0 Å². The molecule has 2 amide bonds. The number of piperidine rings is 1. The lowest BCUT2D eigenvalue weighted by Gasteiger charge is -2.30. The molecular formula is C20H31N3O3. The van der Waals surface area contributed by atoms with Crippen LogP contribution < -0.4 is 20.1 Å². The summed E-state index contributed by atoms with van der Waals surface area (Å²) < 4.78 is 11.1. The number of nitrogens with one attached hydrogen (secondary N) is 2. The quantitative estimate of drug-likeness (QED) is 0.765. The van der Waals surface area contributed by atoms with Crippen LogP contribution in [0.5, 0.6) is 11.5 Å². The van der Waals surface area contributed by atoms with E-state index in [1.165, 1.54) is 25.9 Å². The number of benzene rings is 1. The average molecular weight is 361 g/mol. The fraction of sp³-hybridized carbons (Fsp3) is 0.650. The van der Waals surface area contributed by atoms with Gasteiger partial charge >= 0.3 is 6.03 Å². The Balaban J connectivity index is 1.36. The van der Waals surface area contributed by atoms with Crippen molar-refractivity contribution in [3.63, 3.8) is 0 Å². The number of nitrogens with zero attached hydrogens (tertiary/aromatic N) is 1. The van der Waals surface area contributed by atoms with Gasteiger partial charge in [-0.05, 0) is 69.4 Å². The summed E-state index contributed by atoms with van der Waals surface area (Å²) in [5.74, 6) is 2.37. The minimum atomic E-state index is -0.125. The molecule has 2 aliphatic heterocycles. The molecule has 26 heavy (non-hydrogen) atoms. The van der Waals surface area contributed by atoms with Crippen molar-refractivity contribution in [2.45, 2.75) is 39.2 Å². The van der Waals surface area contributed by atoms with Crippen LogP contribution in [0.15, 0.2) is 18.2 Å². The third-order valence-electron chi connectivity index (χ3n) is 5.23. The van der Waals surface area contributed by atoms with E-state index in [0.29, 0.717) is 19.8 Å². The summed E-state index contributed by atoms with van der Waals surface area (Å²) in [6, 6.07) is 5.60. The lowest BCUT2D eigenvalue weighted by atomic mass is 9.99. The van der Waals surface area contributed by atoms with Gasteiger partial charge in [0.2, 0.25) is 0 Å². The van der Waals surface area contributed by atoms with E-state index in [0.717, 1.165) is 35.9 Å². The normalized spacial score (nSPS) is 19.0. The van der Waals surface area contributed by atoms with Gasteiger partial charge in [-0.1, -0.05) is 13.0 Å². The van der Waals surface area contributed by atoms with Crippen LogP contribution in [0, 0.1) is 5.92 Å². The number of hydrogen-bond donors (Lipinski definition) is 2. The van der Waals surface area contributed by atoms with Crippen molar-refractivity contribution >= 4 is 6.03 Å². The highest BCUT2D eigenvalue weighted by molar-refractivity contribution is 5.74. The third-order valence-corrected chi connectivity index (χ3v) is 5.23. The zero-order valence-corrected chi connectivity index (χ0v) is 15.9. The van der Waals surface area contributed by atoms with E-state index in [-0.39, 0.29) is 12.1 Å². The molecule has 3 rings (SSSR count). The zero-order chi connectivity index (χ0) is 18.4. The molecule has 0 radical (unpaired) electrons. The summed E-state index contributed by atoms with van der Waals surface area (Å²) in [6.45, 7) is 9.58. The Hall–Kier alpha value is -1.95. The minimum absolute atomic E-state index is 0.0885. The summed E-state index contributed by atoms with van der Waals surface area (Å²) in [5.41, 5.74) is 1.01. The van der Waals surface area contributed by atoms with Gasteiger partial charge in [0, 0.05) is 6.54 Å². The van der Waals surface area contributed by atoms with Crippen LogP contribution in [0.3, 0.4) is 0 Å². The molecule has 0 saturated carbocycles. The van der Waals surface area contributed by atoms with Crippen molar-refractivity contribution in [3.05, 3.63) is 23.8 Å². The summed E-state index contributed by atoms with van der Waals surface area (Å²) in [7, 11) is 0. The highest BCUT2D eigenvalue weighted by Crippen LogP contribution is 2.32. The summed E-state index contributed by atoms with van der Waals surface area (Å²) >= 11 is 0. The molecule has 0 spiro atoms. The van der Waals surface area contributed by atoms with Crippen LogP contribution in [0.25, 0.3) is 0 Å². The summed E-state index contributed by atoms with van der Waals surface area (Å²) in [6.07, 6.45) is 3.57. The summed E-state index contributed by atoms with van der Waals surface area (Å²) in [5, 5.41) is 5.95.